The van der Waals surface area contributed by atoms with E-state index in [4.69, 9.17) is 35.9 Å². The van der Waals surface area contributed by atoms with E-state index in [1.807, 2.05) is 94.4 Å². The lowest BCUT2D eigenvalue weighted by Gasteiger charge is -2.29. The second kappa shape index (κ2) is 13.9. The number of hydrogen-bond acceptors (Lipinski definition) is 8. The summed E-state index contributed by atoms with van der Waals surface area (Å²) in [6.45, 7) is 8.24. The molecule has 2 heterocycles. The number of benzene rings is 3. The lowest BCUT2D eigenvalue weighted by atomic mass is 9.95. The fourth-order valence-electron chi connectivity index (χ4n) is 4.62. The van der Waals surface area contributed by atoms with Crippen molar-refractivity contribution in [3.8, 4) is 11.5 Å². The average Bonchev–Trinajstić information content (AvgIpc) is 3.38. The number of nitrogens with one attached hydrogen (secondary N) is 1. The second-order valence-corrected chi connectivity index (χ2v) is 12.4. The average molecular weight is 684 g/mol. The van der Waals surface area contributed by atoms with Crippen LogP contribution in [-0.2, 0) is 21.9 Å². The van der Waals surface area contributed by atoms with Crippen molar-refractivity contribution in [3.05, 3.63) is 104 Å². The smallest absolute Gasteiger partial charge is 0.338 e. The van der Waals surface area contributed by atoms with Gasteiger partial charge >= 0.3 is 5.97 Å². The summed E-state index contributed by atoms with van der Waals surface area (Å²) in [7, 11) is 0. The summed E-state index contributed by atoms with van der Waals surface area (Å²) in [5, 5.41) is 9.33. The third kappa shape index (κ3) is 7.37. The van der Waals surface area contributed by atoms with Gasteiger partial charge in [0.25, 0.3) is 0 Å². The van der Waals surface area contributed by atoms with Crippen LogP contribution in [0, 0.1) is 0 Å². The largest absolute Gasteiger partial charge is 0.490 e. The van der Waals surface area contributed by atoms with Crippen molar-refractivity contribution in [1.29, 1.82) is 0 Å². The third-order valence-corrected chi connectivity index (χ3v) is 8.39. The molecule has 4 aromatic rings. The summed E-state index contributed by atoms with van der Waals surface area (Å²) in [4.78, 5) is 18.2. The second-order valence-electron chi connectivity index (χ2n) is 10.1. The fourth-order valence-corrected chi connectivity index (χ4v) is 6.00. The van der Waals surface area contributed by atoms with Crippen molar-refractivity contribution >= 4 is 51.2 Å². The molecule has 1 aliphatic heterocycles. The number of rotatable bonds is 11. The van der Waals surface area contributed by atoms with Crippen LogP contribution in [0.4, 0.5) is 5.95 Å². The molecule has 1 aliphatic rings. The molecule has 0 saturated heterocycles. The monoisotopic (exact) mass is 682 g/mol. The Balaban J connectivity index is 1.49. The highest BCUT2D eigenvalue weighted by atomic mass is 79.9. The molecule has 8 nitrogen and oxygen atoms in total. The number of hydrogen-bond donors (Lipinski definition) is 1. The highest BCUT2D eigenvalue weighted by Crippen LogP contribution is 2.40. The van der Waals surface area contributed by atoms with Crippen LogP contribution in [0.15, 0.2) is 87.6 Å². The van der Waals surface area contributed by atoms with E-state index in [2.05, 4.69) is 21.2 Å². The summed E-state index contributed by atoms with van der Waals surface area (Å²) in [6.07, 6.45) is -0.291. The maximum absolute atomic E-state index is 13.5. The van der Waals surface area contributed by atoms with Crippen LogP contribution in [0.3, 0.4) is 0 Å². The van der Waals surface area contributed by atoms with Crippen molar-refractivity contribution < 1.29 is 19.0 Å². The number of carbonyl (C=O) groups is 1. The van der Waals surface area contributed by atoms with Crippen LogP contribution in [0.1, 0.15) is 50.4 Å². The van der Waals surface area contributed by atoms with E-state index in [0.29, 0.717) is 57.9 Å². The lowest BCUT2D eigenvalue weighted by Crippen LogP contribution is -2.30. The number of carbonyl (C=O) groups excluding carboxylic acids is 1. The fraction of sp³-hybridized carbons (Fsp3) is 0.281. The Morgan fingerprint density at radius 2 is 1.86 bits per heavy atom. The topological polar surface area (TPSA) is 87.5 Å². The standard InChI is InChI=1S/C32H32BrClN4O4S/c1-5-40-27-16-22(12-15-26(27)41-17-21-10-13-24(33)14-11-21)29-28(30(39)42-19(2)3)20(4)35-31-36-32(37-38(29)31)43-18-23-8-6-7-9-25(23)34/h6-16,19,29H,5,17-18H2,1-4H3,(H,35,36,37). The predicted octanol–water partition coefficient (Wildman–Crippen LogP) is 8.20. The molecule has 224 valence electrons. The third-order valence-electron chi connectivity index (χ3n) is 6.60. The lowest BCUT2D eigenvalue weighted by molar-refractivity contribution is -0.143. The van der Waals surface area contributed by atoms with Gasteiger partial charge in [0.05, 0.1) is 18.3 Å². The number of ether oxygens (including phenoxy) is 3. The van der Waals surface area contributed by atoms with E-state index in [1.54, 1.807) is 4.68 Å². The number of aromatic nitrogens is 3. The summed E-state index contributed by atoms with van der Waals surface area (Å²) < 4.78 is 20.6. The Morgan fingerprint density at radius 3 is 2.58 bits per heavy atom. The van der Waals surface area contributed by atoms with E-state index in [0.717, 1.165) is 21.2 Å². The minimum atomic E-state index is -0.607. The molecule has 1 aromatic heterocycles. The Labute approximate surface area is 268 Å². The van der Waals surface area contributed by atoms with Crippen LogP contribution in [0.25, 0.3) is 0 Å². The Kier molecular flexibility index (Phi) is 10.00. The number of esters is 1. The number of nitrogens with zero attached hydrogens (tertiary/aromatic N) is 3. The van der Waals surface area contributed by atoms with Gasteiger partial charge in [-0.25, -0.2) is 9.48 Å². The number of thioether (sulfide) groups is 1. The van der Waals surface area contributed by atoms with Crippen LogP contribution < -0.4 is 14.8 Å². The van der Waals surface area contributed by atoms with Gasteiger partial charge in [-0.05, 0) is 74.7 Å². The van der Waals surface area contributed by atoms with E-state index >= 15 is 0 Å². The van der Waals surface area contributed by atoms with Crippen LogP contribution in [0.2, 0.25) is 5.02 Å². The first-order valence-corrected chi connectivity index (χ1v) is 16.0. The molecule has 1 N–H and O–H groups in total. The molecule has 0 spiro atoms. The van der Waals surface area contributed by atoms with Crippen molar-refractivity contribution in [2.24, 2.45) is 0 Å². The summed E-state index contributed by atoms with van der Waals surface area (Å²) in [5.74, 6) is 1.87. The minimum absolute atomic E-state index is 0.291. The zero-order chi connectivity index (χ0) is 30.5. The van der Waals surface area contributed by atoms with Gasteiger partial charge in [0.2, 0.25) is 11.1 Å². The highest BCUT2D eigenvalue weighted by Gasteiger charge is 2.36. The van der Waals surface area contributed by atoms with Crippen molar-refractivity contribution in [1.82, 2.24) is 14.8 Å². The predicted molar refractivity (Wildman–Crippen MR) is 173 cm³/mol. The SMILES string of the molecule is CCOc1cc(C2C(C(=O)OC(C)C)=C(C)Nc3nc(SCc4ccccc4Cl)nn32)ccc1OCc1ccc(Br)cc1. The van der Waals surface area contributed by atoms with E-state index in [1.165, 1.54) is 11.8 Å². The molecular weight excluding hydrogens is 652 g/mol. The van der Waals surface area contributed by atoms with Gasteiger partial charge in [-0.3, -0.25) is 0 Å². The Hall–Kier alpha value is -3.47. The van der Waals surface area contributed by atoms with E-state index in [9.17, 15) is 4.79 Å². The molecule has 43 heavy (non-hydrogen) atoms. The molecule has 0 bridgehead atoms. The zero-order valence-electron chi connectivity index (χ0n) is 24.3. The van der Waals surface area contributed by atoms with Crippen molar-refractivity contribution in [2.75, 3.05) is 11.9 Å². The maximum atomic E-state index is 13.5. The van der Waals surface area contributed by atoms with Gasteiger partial charge in [-0.2, -0.15) is 4.98 Å². The maximum Gasteiger partial charge on any atom is 0.338 e. The molecule has 0 radical (unpaired) electrons. The minimum Gasteiger partial charge on any atom is -0.490 e. The quantitative estimate of drug-likeness (QED) is 0.125. The molecule has 5 rings (SSSR count). The summed E-state index contributed by atoms with van der Waals surface area (Å²) in [6, 6.07) is 20.7. The van der Waals surface area contributed by atoms with Crippen molar-refractivity contribution in [2.45, 2.75) is 57.4 Å². The molecule has 0 fully saturated rings. The van der Waals surface area contributed by atoms with Gasteiger partial charge in [0.15, 0.2) is 11.5 Å². The number of allylic oxidation sites excluding steroid dienone is 1. The molecule has 0 amide bonds. The first-order valence-electron chi connectivity index (χ1n) is 13.9. The van der Waals surface area contributed by atoms with E-state index < -0.39 is 12.0 Å². The van der Waals surface area contributed by atoms with Crippen LogP contribution in [-0.4, -0.2) is 33.4 Å². The number of halogens is 2. The first kappa shape index (κ1) is 31.0. The molecule has 1 atom stereocenters. The number of anilines is 1. The van der Waals surface area contributed by atoms with Gasteiger partial charge in [0.1, 0.15) is 12.6 Å². The van der Waals surface area contributed by atoms with Gasteiger partial charge in [-0.15, -0.1) is 5.10 Å². The summed E-state index contributed by atoms with van der Waals surface area (Å²) >= 11 is 11.3. The van der Waals surface area contributed by atoms with Gasteiger partial charge < -0.3 is 19.5 Å². The molecule has 3 aromatic carbocycles. The highest BCUT2D eigenvalue weighted by molar-refractivity contribution is 9.10. The van der Waals surface area contributed by atoms with Crippen molar-refractivity contribution in [3.63, 3.8) is 0 Å². The molecule has 11 heteroatoms. The number of fused-ring (bicyclic) bond motifs is 1. The molecule has 1 unspecified atom stereocenters. The molecule has 0 saturated carbocycles. The zero-order valence-corrected chi connectivity index (χ0v) is 27.4. The van der Waals surface area contributed by atoms with Gasteiger partial charge in [0, 0.05) is 20.9 Å². The Bertz CT molecular complexity index is 1640. The normalized spacial score (nSPS) is 14.3. The Morgan fingerprint density at radius 1 is 1.09 bits per heavy atom. The van der Waals surface area contributed by atoms with Gasteiger partial charge in [-0.1, -0.05) is 75.7 Å². The molecule has 0 aliphatic carbocycles. The molecular formula is C32H32BrClN4O4S. The van der Waals surface area contributed by atoms with E-state index in [-0.39, 0.29) is 6.10 Å². The van der Waals surface area contributed by atoms with Crippen LogP contribution >= 0.6 is 39.3 Å². The first-order chi connectivity index (χ1) is 20.7. The summed E-state index contributed by atoms with van der Waals surface area (Å²) in [5.41, 5.74) is 3.89. The van der Waals surface area contributed by atoms with Crippen LogP contribution in [0.5, 0.6) is 11.5 Å².